The van der Waals surface area contributed by atoms with Crippen molar-refractivity contribution in [1.29, 1.82) is 0 Å². The molecule has 0 aliphatic heterocycles. The van der Waals surface area contributed by atoms with Crippen LogP contribution in [-0.4, -0.2) is 19.2 Å². The van der Waals surface area contributed by atoms with E-state index < -0.39 is 0 Å². The van der Waals surface area contributed by atoms with Crippen LogP contribution in [0.3, 0.4) is 0 Å². The number of methoxy groups -OCH3 is 2. The molecule has 19 heavy (non-hydrogen) atoms. The standard InChI is InChI=1S/C15H13NO3/c1-17-12-4-3-10(8-14(12)18-2)13-7-11-5-6-16-9-15(11)19-13/h3-9H,1-2H3. The summed E-state index contributed by atoms with van der Waals surface area (Å²) in [6.45, 7) is 0. The van der Waals surface area contributed by atoms with Crippen LogP contribution in [0.25, 0.3) is 22.3 Å². The van der Waals surface area contributed by atoms with E-state index in [1.54, 1.807) is 26.6 Å². The van der Waals surface area contributed by atoms with Crippen LogP contribution in [0.2, 0.25) is 0 Å². The quantitative estimate of drug-likeness (QED) is 0.718. The maximum atomic E-state index is 5.77. The number of furan rings is 1. The highest BCUT2D eigenvalue weighted by Crippen LogP contribution is 2.34. The summed E-state index contributed by atoms with van der Waals surface area (Å²) in [5.41, 5.74) is 1.71. The van der Waals surface area contributed by atoms with Crippen LogP contribution in [0.1, 0.15) is 0 Å². The van der Waals surface area contributed by atoms with Gasteiger partial charge in [-0.3, -0.25) is 4.98 Å². The van der Waals surface area contributed by atoms with Crippen molar-refractivity contribution in [2.24, 2.45) is 0 Å². The van der Waals surface area contributed by atoms with Gasteiger partial charge in [-0.2, -0.15) is 0 Å². The number of nitrogens with zero attached hydrogens (tertiary/aromatic N) is 1. The van der Waals surface area contributed by atoms with Crippen LogP contribution in [0, 0.1) is 0 Å². The fourth-order valence-electron chi connectivity index (χ4n) is 2.02. The molecule has 0 fully saturated rings. The van der Waals surface area contributed by atoms with Gasteiger partial charge in [-0.1, -0.05) is 0 Å². The predicted octanol–water partition coefficient (Wildman–Crippen LogP) is 3.51. The normalized spacial score (nSPS) is 10.6. The number of fused-ring (bicyclic) bond motifs is 1. The van der Waals surface area contributed by atoms with Crippen molar-refractivity contribution in [1.82, 2.24) is 4.98 Å². The molecule has 0 bridgehead atoms. The monoisotopic (exact) mass is 255 g/mol. The fourth-order valence-corrected chi connectivity index (χ4v) is 2.02. The molecule has 3 aromatic rings. The first kappa shape index (κ1) is 11.6. The molecule has 96 valence electrons. The second-order valence-electron chi connectivity index (χ2n) is 4.09. The van der Waals surface area contributed by atoms with Crippen LogP contribution in [0.15, 0.2) is 47.1 Å². The minimum Gasteiger partial charge on any atom is -0.493 e. The van der Waals surface area contributed by atoms with Crippen molar-refractivity contribution < 1.29 is 13.9 Å². The van der Waals surface area contributed by atoms with E-state index in [0.29, 0.717) is 11.5 Å². The van der Waals surface area contributed by atoms with Gasteiger partial charge in [0.1, 0.15) is 5.76 Å². The Bertz CT molecular complexity index is 685. The second-order valence-corrected chi connectivity index (χ2v) is 4.09. The molecule has 0 saturated heterocycles. The smallest absolute Gasteiger partial charge is 0.161 e. The lowest BCUT2D eigenvalue weighted by Gasteiger charge is -2.08. The first-order chi connectivity index (χ1) is 9.31. The number of hydrogen-bond donors (Lipinski definition) is 0. The zero-order valence-corrected chi connectivity index (χ0v) is 10.7. The van der Waals surface area contributed by atoms with Crippen molar-refractivity contribution in [3.05, 3.63) is 42.7 Å². The molecule has 2 aromatic heterocycles. The molecule has 4 heteroatoms. The maximum absolute atomic E-state index is 5.77. The van der Waals surface area contributed by atoms with Gasteiger partial charge in [0.15, 0.2) is 17.1 Å². The van der Waals surface area contributed by atoms with Gasteiger partial charge in [-0.25, -0.2) is 0 Å². The number of ether oxygens (including phenoxy) is 2. The second kappa shape index (κ2) is 4.65. The van der Waals surface area contributed by atoms with E-state index in [0.717, 1.165) is 22.3 Å². The van der Waals surface area contributed by atoms with Gasteiger partial charge in [0, 0.05) is 17.1 Å². The van der Waals surface area contributed by atoms with Gasteiger partial charge in [0.05, 0.1) is 20.4 Å². The molecular formula is C15H13NO3. The summed E-state index contributed by atoms with van der Waals surface area (Å²) in [6, 6.07) is 9.59. The van der Waals surface area contributed by atoms with Gasteiger partial charge in [0.25, 0.3) is 0 Å². The third-order valence-corrected chi connectivity index (χ3v) is 2.99. The number of rotatable bonds is 3. The van der Waals surface area contributed by atoms with Crippen molar-refractivity contribution in [3.63, 3.8) is 0 Å². The molecular weight excluding hydrogens is 242 g/mol. The zero-order chi connectivity index (χ0) is 13.2. The van der Waals surface area contributed by atoms with E-state index in [1.807, 2.05) is 30.3 Å². The molecule has 3 rings (SSSR count). The molecule has 0 saturated carbocycles. The van der Waals surface area contributed by atoms with E-state index in [-0.39, 0.29) is 0 Å². The van der Waals surface area contributed by atoms with Crippen LogP contribution < -0.4 is 9.47 Å². The highest BCUT2D eigenvalue weighted by Gasteiger charge is 2.10. The van der Waals surface area contributed by atoms with E-state index in [4.69, 9.17) is 13.9 Å². The topological polar surface area (TPSA) is 44.5 Å². The Morgan fingerprint density at radius 1 is 1.00 bits per heavy atom. The summed E-state index contributed by atoms with van der Waals surface area (Å²) < 4.78 is 16.3. The number of benzene rings is 1. The minimum atomic E-state index is 0.679. The average molecular weight is 255 g/mol. The van der Waals surface area contributed by atoms with Crippen LogP contribution in [0.4, 0.5) is 0 Å². The molecule has 0 radical (unpaired) electrons. The van der Waals surface area contributed by atoms with Crippen LogP contribution in [0.5, 0.6) is 11.5 Å². The fraction of sp³-hybridized carbons (Fsp3) is 0.133. The van der Waals surface area contributed by atoms with Crippen molar-refractivity contribution in [2.45, 2.75) is 0 Å². The summed E-state index contributed by atoms with van der Waals surface area (Å²) in [5, 5.41) is 1.03. The van der Waals surface area contributed by atoms with E-state index in [2.05, 4.69) is 4.98 Å². The molecule has 0 amide bonds. The largest absolute Gasteiger partial charge is 0.493 e. The molecule has 0 aliphatic rings. The van der Waals surface area contributed by atoms with Gasteiger partial charge in [0.2, 0.25) is 0 Å². The summed E-state index contributed by atoms with van der Waals surface area (Å²) in [4.78, 5) is 4.04. The molecule has 0 spiro atoms. The Balaban J connectivity index is 2.10. The number of pyridine rings is 1. The maximum Gasteiger partial charge on any atom is 0.161 e. The summed E-state index contributed by atoms with van der Waals surface area (Å²) in [6.07, 6.45) is 3.45. The minimum absolute atomic E-state index is 0.679. The zero-order valence-electron chi connectivity index (χ0n) is 10.7. The highest BCUT2D eigenvalue weighted by molar-refractivity contribution is 5.82. The Kier molecular flexibility index (Phi) is 2.83. The van der Waals surface area contributed by atoms with Gasteiger partial charge >= 0.3 is 0 Å². The van der Waals surface area contributed by atoms with E-state index in [1.165, 1.54) is 0 Å². The Labute approximate surface area is 110 Å². The summed E-state index contributed by atoms with van der Waals surface area (Å²) in [7, 11) is 3.23. The number of hydrogen-bond acceptors (Lipinski definition) is 4. The lowest BCUT2D eigenvalue weighted by atomic mass is 10.1. The SMILES string of the molecule is COc1ccc(-c2cc3ccncc3o2)cc1OC. The van der Waals surface area contributed by atoms with Crippen LogP contribution in [-0.2, 0) is 0 Å². The average Bonchev–Trinajstić information content (AvgIpc) is 2.90. The Morgan fingerprint density at radius 2 is 1.84 bits per heavy atom. The first-order valence-corrected chi connectivity index (χ1v) is 5.88. The molecule has 0 aliphatic carbocycles. The molecule has 4 nitrogen and oxygen atoms in total. The number of aromatic nitrogens is 1. The van der Waals surface area contributed by atoms with Crippen molar-refractivity contribution >= 4 is 11.0 Å². The van der Waals surface area contributed by atoms with E-state index in [9.17, 15) is 0 Å². The molecule has 0 N–H and O–H groups in total. The predicted molar refractivity (Wildman–Crippen MR) is 72.5 cm³/mol. The molecule has 1 aromatic carbocycles. The van der Waals surface area contributed by atoms with Crippen molar-refractivity contribution in [3.8, 4) is 22.8 Å². The molecule has 0 atom stereocenters. The molecule has 0 unspecified atom stereocenters. The Morgan fingerprint density at radius 3 is 2.58 bits per heavy atom. The van der Waals surface area contributed by atoms with Crippen molar-refractivity contribution in [2.75, 3.05) is 14.2 Å². The third kappa shape index (κ3) is 2.01. The van der Waals surface area contributed by atoms with Crippen LogP contribution >= 0.6 is 0 Å². The summed E-state index contributed by atoms with van der Waals surface area (Å²) in [5.74, 6) is 2.16. The highest BCUT2D eigenvalue weighted by atomic mass is 16.5. The van der Waals surface area contributed by atoms with Gasteiger partial charge in [-0.05, 0) is 30.3 Å². The molecule has 2 heterocycles. The Hall–Kier alpha value is -2.49. The third-order valence-electron chi connectivity index (χ3n) is 2.99. The lowest BCUT2D eigenvalue weighted by Crippen LogP contribution is -1.90. The lowest BCUT2D eigenvalue weighted by molar-refractivity contribution is 0.355. The van der Waals surface area contributed by atoms with Gasteiger partial charge in [-0.15, -0.1) is 0 Å². The first-order valence-electron chi connectivity index (χ1n) is 5.88. The van der Waals surface area contributed by atoms with E-state index >= 15 is 0 Å². The van der Waals surface area contributed by atoms with Gasteiger partial charge < -0.3 is 13.9 Å². The summed E-state index contributed by atoms with van der Waals surface area (Å²) >= 11 is 0.